The van der Waals surface area contributed by atoms with E-state index < -0.39 is 5.41 Å². The average Bonchev–Trinajstić information content (AvgIpc) is 3.20. The van der Waals surface area contributed by atoms with Gasteiger partial charge in [-0.15, -0.1) is 0 Å². The number of benzene rings is 2. The third-order valence-electron chi connectivity index (χ3n) is 6.31. The molecule has 3 aromatic rings. The number of nitrogens with zero attached hydrogens (tertiary/aromatic N) is 1. The maximum atomic E-state index is 13.3. The zero-order valence-electron chi connectivity index (χ0n) is 19.2. The van der Waals surface area contributed by atoms with Crippen molar-refractivity contribution in [2.45, 2.75) is 33.1 Å². The molecule has 6 heteroatoms. The fourth-order valence-corrected chi connectivity index (χ4v) is 4.39. The smallest absolute Gasteiger partial charge is 0.257 e. The number of ketones is 1. The van der Waals surface area contributed by atoms with Crippen molar-refractivity contribution in [3.05, 3.63) is 64.9 Å². The van der Waals surface area contributed by atoms with E-state index in [4.69, 9.17) is 9.15 Å². The molecule has 32 heavy (non-hydrogen) atoms. The first-order chi connectivity index (χ1) is 15.4. The van der Waals surface area contributed by atoms with Crippen LogP contribution >= 0.6 is 0 Å². The molecule has 1 aliphatic carbocycles. The highest BCUT2D eigenvalue weighted by atomic mass is 16.5. The Bertz CT molecular complexity index is 1160. The van der Waals surface area contributed by atoms with E-state index in [0.29, 0.717) is 34.8 Å². The van der Waals surface area contributed by atoms with Gasteiger partial charge in [-0.1, -0.05) is 32.0 Å². The van der Waals surface area contributed by atoms with Gasteiger partial charge in [0.05, 0.1) is 5.56 Å². The van der Waals surface area contributed by atoms with Gasteiger partial charge in [-0.2, -0.15) is 0 Å². The van der Waals surface area contributed by atoms with Gasteiger partial charge in [0.25, 0.3) is 5.91 Å². The Balaban J connectivity index is 1.50. The van der Waals surface area contributed by atoms with E-state index >= 15 is 0 Å². The molecule has 6 nitrogen and oxygen atoms in total. The number of para-hydroxylation sites is 1. The number of ether oxygens (including phenoxy) is 1. The van der Waals surface area contributed by atoms with E-state index in [9.17, 15) is 9.59 Å². The second-order valence-corrected chi connectivity index (χ2v) is 8.63. The monoisotopic (exact) mass is 434 g/mol. The molecule has 1 aliphatic rings. The number of hydrogen-bond acceptors (Lipinski definition) is 5. The predicted octanol–water partition coefficient (Wildman–Crippen LogP) is 4.14. The van der Waals surface area contributed by atoms with E-state index in [1.807, 2.05) is 44.2 Å². The first-order valence-electron chi connectivity index (χ1n) is 11.2. The van der Waals surface area contributed by atoms with Crippen LogP contribution in [0, 0.1) is 0 Å². The van der Waals surface area contributed by atoms with E-state index in [2.05, 4.69) is 24.1 Å². The van der Waals surface area contributed by atoms with Crippen molar-refractivity contribution in [1.82, 2.24) is 10.2 Å². The van der Waals surface area contributed by atoms with Crippen molar-refractivity contribution in [2.24, 2.45) is 0 Å². The predicted molar refractivity (Wildman–Crippen MR) is 125 cm³/mol. The Morgan fingerprint density at radius 2 is 1.88 bits per heavy atom. The summed E-state index contributed by atoms with van der Waals surface area (Å²) in [5.74, 6) is 1.02. The number of nitrogens with one attached hydrogen (secondary N) is 1. The summed E-state index contributed by atoms with van der Waals surface area (Å²) in [6.45, 7) is 11.5. The molecule has 1 heterocycles. The SMILES string of the molecule is CCN(CC)CCNC(=O)COc1ccc2c(c1)C(C)(C)c1oc3ccccc3c1C2=O. The molecule has 1 N–H and O–H groups in total. The summed E-state index contributed by atoms with van der Waals surface area (Å²) in [6.07, 6.45) is 0. The van der Waals surface area contributed by atoms with Gasteiger partial charge in [0.1, 0.15) is 17.1 Å². The van der Waals surface area contributed by atoms with Crippen LogP contribution < -0.4 is 10.1 Å². The molecule has 1 amide bonds. The fourth-order valence-electron chi connectivity index (χ4n) is 4.39. The molecule has 0 saturated heterocycles. The van der Waals surface area contributed by atoms with Gasteiger partial charge in [0, 0.05) is 29.5 Å². The summed E-state index contributed by atoms with van der Waals surface area (Å²) in [5, 5.41) is 3.73. The Morgan fingerprint density at radius 1 is 1.12 bits per heavy atom. The van der Waals surface area contributed by atoms with Gasteiger partial charge in [0.2, 0.25) is 0 Å². The molecule has 0 spiro atoms. The molecule has 0 saturated carbocycles. The maximum Gasteiger partial charge on any atom is 0.257 e. The standard InChI is InChI=1S/C26H30N2O4/c1-5-28(6-2)14-13-27-22(29)16-31-17-11-12-18-20(15-17)26(3,4)25-23(24(18)30)19-9-7-8-10-21(19)32-25/h7-12,15H,5-6,13-14,16H2,1-4H3,(H,27,29). The number of likely N-dealkylation sites (N-methyl/N-ethyl adjacent to an activating group) is 1. The first kappa shape index (κ1) is 22.1. The summed E-state index contributed by atoms with van der Waals surface area (Å²) >= 11 is 0. The van der Waals surface area contributed by atoms with Crippen LogP contribution in [0.1, 0.15) is 54.9 Å². The van der Waals surface area contributed by atoms with Gasteiger partial charge >= 0.3 is 0 Å². The van der Waals surface area contributed by atoms with Crippen molar-refractivity contribution in [3.63, 3.8) is 0 Å². The molecule has 0 radical (unpaired) electrons. The van der Waals surface area contributed by atoms with E-state index in [-0.39, 0.29) is 18.3 Å². The molecule has 2 aromatic carbocycles. The lowest BCUT2D eigenvalue weighted by Crippen LogP contribution is -2.36. The molecule has 1 aromatic heterocycles. The molecular formula is C26H30N2O4. The first-order valence-corrected chi connectivity index (χ1v) is 11.2. The average molecular weight is 435 g/mol. The van der Waals surface area contributed by atoms with Crippen molar-refractivity contribution >= 4 is 22.7 Å². The number of rotatable bonds is 8. The molecule has 4 rings (SSSR count). The minimum Gasteiger partial charge on any atom is -0.484 e. The lowest BCUT2D eigenvalue weighted by atomic mass is 9.72. The van der Waals surface area contributed by atoms with Gasteiger partial charge in [-0.05, 0) is 56.8 Å². The number of carbonyl (C=O) groups is 2. The molecule has 168 valence electrons. The number of carbonyl (C=O) groups excluding carboxylic acids is 2. The lowest BCUT2D eigenvalue weighted by Gasteiger charge is -2.30. The normalized spacial score (nSPS) is 14.3. The van der Waals surface area contributed by atoms with Crippen molar-refractivity contribution in [1.29, 1.82) is 0 Å². The van der Waals surface area contributed by atoms with Crippen LogP contribution in [0.3, 0.4) is 0 Å². The zero-order valence-corrected chi connectivity index (χ0v) is 19.2. The minimum absolute atomic E-state index is 0.0417. The minimum atomic E-state index is -0.511. The van der Waals surface area contributed by atoms with Crippen LogP contribution in [0.5, 0.6) is 5.75 Å². The molecule has 0 fully saturated rings. The maximum absolute atomic E-state index is 13.3. The molecule has 0 unspecified atom stereocenters. The topological polar surface area (TPSA) is 71.8 Å². The summed E-state index contributed by atoms with van der Waals surface area (Å²) in [6, 6.07) is 13.0. The quantitative estimate of drug-likeness (QED) is 0.577. The number of hydrogen-bond donors (Lipinski definition) is 1. The van der Waals surface area contributed by atoms with Crippen LogP contribution in [-0.2, 0) is 10.2 Å². The lowest BCUT2D eigenvalue weighted by molar-refractivity contribution is -0.123. The molecular weight excluding hydrogens is 404 g/mol. The largest absolute Gasteiger partial charge is 0.484 e. The number of furan rings is 1. The Labute approximate surface area is 188 Å². The van der Waals surface area contributed by atoms with Crippen LogP contribution in [0.25, 0.3) is 11.0 Å². The van der Waals surface area contributed by atoms with Gasteiger partial charge in [0.15, 0.2) is 12.4 Å². The van der Waals surface area contributed by atoms with E-state index in [1.54, 1.807) is 12.1 Å². The number of amides is 1. The molecule has 0 aliphatic heterocycles. The Kier molecular flexibility index (Phi) is 6.07. The highest BCUT2D eigenvalue weighted by Gasteiger charge is 2.41. The Hall–Kier alpha value is -3.12. The highest BCUT2D eigenvalue weighted by molar-refractivity contribution is 6.19. The summed E-state index contributed by atoms with van der Waals surface area (Å²) in [4.78, 5) is 27.7. The van der Waals surface area contributed by atoms with Crippen molar-refractivity contribution in [2.75, 3.05) is 32.8 Å². The third-order valence-corrected chi connectivity index (χ3v) is 6.31. The number of fused-ring (bicyclic) bond motifs is 4. The summed E-state index contributed by atoms with van der Waals surface area (Å²) in [5.41, 5.74) is 2.32. The highest BCUT2D eigenvalue weighted by Crippen LogP contribution is 2.46. The van der Waals surface area contributed by atoms with Crippen molar-refractivity contribution < 1.29 is 18.7 Å². The van der Waals surface area contributed by atoms with E-state index in [0.717, 1.165) is 30.6 Å². The second kappa shape index (κ2) is 8.79. The second-order valence-electron chi connectivity index (χ2n) is 8.63. The van der Waals surface area contributed by atoms with Crippen LogP contribution in [0.15, 0.2) is 46.9 Å². The molecule has 0 bridgehead atoms. The van der Waals surface area contributed by atoms with Crippen LogP contribution in [0.4, 0.5) is 0 Å². The van der Waals surface area contributed by atoms with Gasteiger partial charge in [-0.3, -0.25) is 9.59 Å². The van der Waals surface area contributed by atoms with Gasteiger partial charge < -0.3 is 19.4 Å². The molecule has 0 atom stereocenters. The zero-order chi connectivity index (χ0) is 22.9. The van der Waals surface area contributed by atoms with E-state index in [1.165, 1.54) is 0 Å². The van der Waals surface area contributed by atoms with Gasteiger partial charge in [-0.25, -0.2) is 0 Å². The van der Waals surface area contributed by atoms with Crippen LogP contribution in [0.2, 0.25) is 0 Å². The summed E-state index contributed by atoms with van der Waals surface area (Å²) < 4.78 is 11.9. The Morgan fingerprint density at radius 3 is 2.62 bits per heavy atom. The van der Waals surface area contributed by atoms with Crippen LogP contribution in [-0.4, -0.2) is 49.4 Å². The third kappa shape index (κ3) is 3.91. The fraction of sp³-hybridized carbons (Fsp3) is 0.385. The summed E-state index contributed by atoms with van der Waals surface area (Å²) in [7, 11) is 0. The van der Waals surface area contributed by atoms with Crippen molar-refractivity contribution in [3.8, 4) is 5.75 Å².